The highest BCUT2D eigenvalue weighted by Gasteiger charge is 2.20. The lowest BCUT2D eigenvalue weighted by molar-refractivity contribution is 0.102. The van der Waals surface area contributed by atoms with Crippen molar-refractivity contribution in [2.45, 2.75) is 13.0 Å². The summed E-state index contributed by atoms with van der Waals surface area (Å²) in [6.07, 6.45) is 4.90. The number of morpholine rings is 1. The van der Waals surface area contributed by atoms with Gasteiger partial charge in [-0.15, -0.1) is 0 Å². The third kappa shape index (κ3) is 5.41. The summed E-state index contributed by atoms with van der Waals surface area (Å²) in [6, 6.07) is 9.33. The Kier molecular flexibility index (Phi) is 7.51. The third-order valence-electron chi connectivity index (χ3n) is 5.44. The number of carbonyl (C=O) groups is 1. The lowest BCUT2D eigenvalue weighted by Crippen LogP contribution is -2.36. The maximum absolute atomic E-state index is 13.3. The largest absolute Gasteiger partial charge is 0.489 e. The van der Waals surface area contributed by atoms with Crippen molar-refractivity contribution in [3.63, 3.8) is 0 Å². The highest BCUT2D eigenvalue weighted by Crippen LogP contribution is 2.27. The van der Waals surface area contributed by atoms with Gasteiger partial charge in [0.05, 0.1) is 42.7 Å². The first kappa shape index (κ1) is 23.4. The molecule has 10 nitrogen and oxygen atoms in total. The van der Waals surface area contributed by atoms with Crippen molar-refractivity contribution in [2.24, 2.45) is 5.73 Å². The molecule has 0 bridgehead atoms. The third-order valence-corrected chi connectivity index (χ3v) is 5.44. The quantitative estimate of drug-likeness (QED) is 0.461. The van der Waals surface area contributed by atoms with Gasteiger partial charge in [0, 0.05) is 38.4 Å². The van der Waals surface area contributed by atoms with Gasteiger partial charge in [-0.25, -0.2) is 9.97 Å². The van der Waals surface area contributed by atoms with Crippen molar-refractivity contribution in [3.05, 3.63) is 54.6 Å². The van der Waals surface area contributed by atoms with Crippen LogP contribution in [0.4, 0.5) is 17.2 Å². The van der Waals surface area contributed by atoms with Crippen LogP contribution in [0.25, 0.3) is 11.3 Å². The van der Waals surface area contributed by atoms with E-state index in [-0.39, 0.29) is 17.7 Å². The van der Waals surface area contributed by atoms with E-state index in [4.69, 9.17) is 15.2 Å². The Hall–Kier alpha value is -3.76. The van der Waals surface area contributed by atoms with E-state index in [1.807, 2.05) is 37.3 Å². The summed E-state index contributed by atoms with van der Waals surface area (Å²) in [6.45, 7) is 5.11. The molecule has 1 amide bonds. The molecule has 0 aliphatic carbocycles. The normalized spacial score (nSPS) is 14.4. The first-order valence-electron chi connectivity index (χ1n) is 11.2. The molecule has 4 N–H and O–H groups in total. The van der Waals surface area contributed by atoms with E-state index >= 15 is 0 Å². The molecule has 1 aliphatic rings. The number of hydrogen-bond acceptors (Lipinski definition) is 9. The van der Waals surface area contributed by atoms with E-state index in [2.05, 4.69) is 30.5 Å². The van der Waals surface area contributed by atoms with Crippen LogP contribution in [-0.2, 0) is 4.74 Å². The topological polar surface area (TPSA) is 128 Å². The molecular formula is C24H29N7O3. The minimum Gasteiger partial charge on any atom is -0.489 e. The van der Waals surface area contributed by atoms with E-state index in [1.165, 1.54) is 0 Å². The lowest BCUT2D eigenvalue weighted by Gasteiger charge is -2.30. The molecule has 34 heavy (non-hydrogen) atoms. The number of benzene rings is 1. The number of hydrogen-bond donors (Lipinski definition) is 3. The molecule has 1 aliphatic heterocycles. The summed E-state index contributed by atoms with van der Waals surface area (Å²) in [5, 5.41) is 5.90. The average molecular weight is 464 g/mol. The molecular weight excluding hydrogens is 434 g/mol. The van der Waals surface area contributed by atoms with Crippen molar-refractivity contribution >= 4 is 23.1 Å². The molecule has 10 heteroatoms. The SMILES string of the molecule is CNc1ncc(-c2ccc(OC(C)CN)cc2)nc1C(=O)Nc1cnccc1N1CCOCC1. The summed E-state index contributed by atoms with van der Waals surface area (Å²) in [5.41, 5.74) is 8.70. The van der Waals surface area contributed by atoms with Crippen LogP contribution in [-0.4, -0.2) is 66.9 Å². The van der Waals surface area contributed by atoms with Gasteiger partial charge in [-0.3, -0.25) is 9.78 Å². The van der Waals surface area contributed by atoms with Crippen LogP contribution in [0.2, 0.25) is 0 Å². The zero-order valence-corrected chi connectivity index (χ0v) is 19.3. The van der Waals surface area contributed by atoms with E-state index in [0.717, 1.165) is 24.3 Å². The molecule has 0 radical (unpaired) electrons. The minimum atomic E-state index is -0.377. The smallest absolute Gasteiger partial charge is 0.278 e. The number of nitrogens with two attached hydrogens (primary N) is 1. The Bertz CT molecular complexity index is 1120. The number of rotatable bonds is 8. The van der Waals surface area contributed by atoms with Crippen LogP contribution >= 0.6 is 0 Å². The van der Waals surface area contributed by atoms with Gasteiger partial charge < -0.3 is 30.7 Å². The highest BCUT2D eigenvalue weighted by molar-refractivity contribution is 6.07. The van der Waals surface area contributed by atoms with Crippen LogP contribution < -0.4 is 26.0 Å². The molecule has 0 spiro atoms. The van der Waals surface area contributed by atoms with Crippen LogP contribution in [0.3, 0.4) is 0 Å². The fraction of sp³-hybridized carbons (Fsp3) is 0.333. The van der Waals surface area contributed by atoms with E-state index in [9.17, 15) is 4.79 Å². The Morgan fingerprint density at radius 1 is 1.21 bits per heavy atom. The second-order valence-electron chi connectivity index (χ2n) is 7.84. The zero-order valence-electron chi connectivity index (χ0n) is 19.3. The number of anilines is 3. The van der Waals surface area contributed by atoms with Crippen molar-refractivity contribution < 1.29 is 14.3 Å². The summed E-state index contributed by atoms with van der Waals surface area (Å²) in [4.78, 5) is 28.6. The van der Waals surface area contributed by atoms with Crippen LogP contribution in [0.5, 0.6) is 5.75 Å². The summed E-state index contributed by atoms with van der Waals surface area (Å²) in [7, 11) is 1.70. The van der Waals surface area contributed by atoms with Crippen molar-refractivity contribution in [2.75, 3.05) is 55.4 Å². The Morgan fingerprint density at radius 2 is 1.97 bits per heavy atom. The van der Waals surface area contributed by atoms with E-state index in [1.54, 1.807) is 25.6 Å². The Labute approximate surface area is 198 Å². The number of carbonyl (C=O) groups excluding carboxylic acids is 1. The Morgan fingerprint density at radius 3 is 2.68 bits per heavy atom. The van der Waals surface area contributed by atoms with Crippen LogP contribution in [0.1, 0.15) is 17.4 Å². The summed E-state index contributed by atoms with van der Waals surface area (Å²) >= 11 is 0. The Balaban J connectivity index is 1.57. The molecule has 3 heterocycles. The number of pyridine rings is 1. The van der Waals surface area contributed by atoms with Gasteiger partial charge in [0.25, 0.3) is 5.91 Å². The average Bonchev–Trinajstić information content (AvgIpc) is 2.89. The van der Waals surface area contributed by atoms with Gasteiger partial charge in [-0.2, -0.15) is 0 Å². The zero-order chi connectivity index (χ0) is 23.9. The molecule has 1 fully saturated rings. The van der Waals surface area contributed by atoms with Crippen molar-refractivity contribution in [1.29, 1.82) is 0 Å². The molecule has 2 aromatic heterocycles. The predicted molar refractivity (Wildman–Crippen MR) is 131 cm³/mol. The monoisotopic (exact) mass is 463 g/mol. The molecule has 1 atom stereocenters. The second kappa shape index (κ2) is 10.9. The highest BCUT2D eigenvalue weighted by atomic mass is 16.5. The fourth-order valence-electron chi connectivity index (χ4n) is 3.60. The van der Waals surface area contributed by atoms with Gasteiger partial charge in [0.1, 0.15) is 11.9 Å². The molecule has 0 saturated carbocycles. The molecule has 178 valence electrons. The van der Waals surface area contributed by atoms with Crippen LogP contribution in [0, 0.1) is 0 Å². The van der Waals surface area contributed by atoms with Gasteiger partial charge in [-0.05, 0) is 37.3 Å². The molecule has 1 aromatic carbocycles. The second-order valence-corrected chi connectivity index (χ2v) is 7.84. The number of nitrogens with zero attached hydrogens (tertiary/aromatic N) is 4. The summed E-state index contributed by atoms with van der Waals surface area (Å²) in [5.74, 6) is 0.722. The van der Waals surface area contributed by atoms with Gasteiger partial charge in [-0.1, -0.05) is 0 Å². The molecule has 1 saturated heterocycles. The van der Waals surface area contributed by atoms with Crippen molar-refractivity contribution in [3.8, 4) is 17.0 Å². The number of nitrogens with one attached hydrogen (secondary N) is 2. The fourth-order valence-corrected chi connectivity index (χ4v) is 3.60. The van der Waals surface area contributed by atoms with E-state index in [0.29, 0.717) is 42.7 Å². The first-order chi connectivity index (χ1) is 16.6. The van der Waals surface area contributed by atoms with Gasteiger partial charge >= 0.3 is 0 Å². The maximum Gasteiger partial charge on any atom is 0.278 e. The molecule has 4 rings (SSSR count). The minimum absolute atomic E-state index is 0.0781. The standard InChI is InChI=1S/C24H29N7O3/c1-16(13-25)34-18-5-3-17(4-6-18)19-15-28-23(26-2)22(29-19)24(32)30-20-14-27-8-7-21(20)31-9-11-33-12-10-31/h3-8,14-16H,9-13,25H2,1-2H3,(H,26,28)(H,30,32). The lowest BCUT2D eigenvalue weighted by atomic mass is 10.1. The predicted octanol–water partition coefficient (Wildman–Crippen LogP) is 2.40. The van der Waals surface area contributed by atoms with Crippen molar-refractivity contribution in [1.82, 2.24) is 15.0 Å². The van der Waals surface area contributed by atoms with Gasteiger partial charge in [0.15, 0.2) is 11.5 Å². The van der Waals surface area contributed by atoms with Gasteiger partial charge in [0.2, 0.25) is 0 Å². The number of amides is 1. The van der Waals surface area contributed by atoms with E-state index < -0.39 is 0 Å². The van der Waals surface area contributed by atoms with Crippen LogP contribution in [0.15, 0.2) is 48.9 Å². The first-order valence-corrected chi connectivity index (χ1v) is 11.2. The molecule has 3 aromatic rings. The number of ether oxygens (including phenoxy) is 2. The number of aromatic nitrogens is 3. The summed E-state index contributed by atoms with van der Waals surface area (Å²) < 4.78 is 11.2. The molecule has 1 unspecified atom stereocenters. The maximum atomic E-state index is 13.3.